The summed E-state index contributed by atoms with van der Waals surface area (Å²) in [7, 11) is -2.19. The van der Waals surface area contributed by atoms with Gasteiger partial charge in [0.05, 0.1) is 17.5 Å². The lowest BCUT2D eigenvalue weighted by atomic mass is 10.1. The van der Waals surface area contributed by atoms with E-state index in [1.54, 1.807) is 0 Å². The molecule has 0 atom stereocenters. The highest BCUT2D eigenvalue weighted by molar-refractivity contribution is 7.92. The van der Waals surface area contributed by atoms with E-state index in [1.807, 2.05) is 0 Å². The summed E-state index contributed by atoms with van der Waals surface area (Å²) < 4.78 is 38.1. The number of carboxylic acids is 1. The smallest absolute Gasteiger partial charge is 0.303 e. The number of carbonyl (C=O) groups excluding carboxylic acids is 1. The van der Waals surface area contributed by atoms with Crippen LogP contribution in [0.3, 0.4) is 0 Å². The first-order valence-electron chi connectivity index (χ1n) is 6.35. The number of sulfonamides is 1. The number of nitrogens with zero attached hydrogens (tertiary/aromatic N) is 1. The van der Waals surface area contributed by atoms with Gasteiger partial charge in [-0.15, -0.1) is 0 Å². The van der Waals surface area contributed by atoms with Crippen molar-refractivity contribution < 1.29 is 27.5 Å². The number of carboxylic acid groups (broad SMARTS) is 1. The number of anilines is 1. The average molecular weight is 332 g/mol. The van der Waals surface area contributed by atoms with Crippen LogP contribution in [0.4, 0.5) is 10.1 Å². The fraction of sp³-hybridized carbons (Fsp3) is 0.385. The first-order chi connectivity index (χ1) is 10.1. The summed E-state index contributed by atoms with van der Waals surface area (Å²) in [6, 6.07) is 3.13. The van der Waals surface area contributed by atoms with Crippen LogP contribution in [0.25, 0.3) is 0 Å². The van der Waals surface area contributed by atoms with Gasteiger partial charge in [0, 0.05) is 20.0 Å². The molecular weight excluding hydrogens is 315 g/mol. The molecule has 0 radical (unpaired) electrons. The van der Waals surface area contributed by atoms with Crippen molar-refractivity contribution in [1.82, 2.24) is 4.90 Å². The fourth-order valence-corrected chi connectivity index (χ4v) is 2.33. The second kappa shape index (κ2) is 7.21. The van der Waals surface area contributed by atoms with Crippen LogP contribution in [-0.2, 0) is 14.8 Å². The normalized spacial score (nSPS) is 11.0. The van der Waals surface area contributed by atoms with Crippen LogP contribution >= 0.6 is 0 Å². The van der Waals surface area contributed by atoms with Crippen molar-refractivity contribution in [3.8, 4) is 0 Å². The summed E-state index contributed by atoms with van der Waals surface area (Å²) in [5.74, 6) is -2.26. The highest BCUT2D eigenvalue weighted by Gasteiger charge is 2.18. The Morgan fingerprint density at radius 1 is 1.36 bits per heavy atom. The molecular formula is C13H17FN2O5S. The molecule has 0 saturated heterocycles. The van der Waals surface area contributed by atoms with Gasteiger partial charge in [0.1, 0.15) is 5.82 Å². The van der Waals surface area contributed by atoms with Gasteiger partial charge in [0.2, 0.25) is 10.0 Å². The molecule has 2 N–H and O–H groups in total. The van der Waals surface area contributed by atoms with Gasteiger partial charge in [-0.2, -0.15) is 0 Å². The third-order valence-electron chi connectivity index (χ3n) is 2.74. The Morgan fingerprint density at radius 3 is 2.55 bits per heavy atom. The Kier molecular flexibility index (Phi) is 5.86. The minimum Gasteiger partial charge on any atom is -0.481 e. The van der Waals surface area contributed by atoms with Gasteiger partial charge in [-0.1, -0.05) is 0 Å². The number of benzene rings is 1. The van der Waals surface area contributed by atoms with Gasteiger partial charge in [-0.05, 0) is 24.6 Å². The van der Waals surface area contributed by atoms with Crippen molar-refractivity contribution in [1.29, 1.82) is 0 Å². The van der Waals surface area contributed by atoms with E-state index in [0.717, 1.165) is 24.5 Å². The lowest BCUT2D eigenvalue weighted by molar-refractivity contribution is -0.137. The molecule has 1 amide bonds. The van der Waals surface area contributed by atoms with Crippen molar-refractivity contribution in [3.63, 3.8) is 0 Å². The molecule has 1 aromatic rings. The molecule has 0 spiro atoms. The topological polar surface area (TPSA) is 104 Å². The third kappa shape index (κ3) is 5.68. The summed E-state index contributed by atoms with van der Waals surface area (Å²) >= 11 is 0. The molecule has 0 bridgehead atoms. The van der Waals surface area contributed by atoms with Crippen LogP contribution in [0, 0.1) is 5.82 Å². The predicted molar refractivity (Wildman–Crippen MR) is 78.7 cm³/mol. The van der Waals surface area contributed by atoms with E-state index in [-0.39, 0.29) is 30.6 Å². The van der Waals surface area contributed by atoms with Crippen LogP contribution in [0.2, 0.25) is 0 Å². The monoisotopic (exact) mass is 332 g/mol. The molecule has 1 rings (SSSR count). The second-order valence-electron chi connectivity index (χ2n) is 4.79. The number of rotatable bonds is 7. The van der Waals surface area contributed by atoms with Gasteiger partial charge >= 0.3 is 5.97 Å². The maximum Gasteiger partial charge on any atom is 0.303 e. The van der Waals surface area contributed by atoms with Crippen LogP contribution in [0.15, 0.2) is 18.2 Å². The molecule has 22 heavy (non-hydrogen) atoms. The van der Waals surface area contributed by atoms with E-state index in [0.29, 0.717) is 0 Å². The molecule has 9 heteroatoms. The number of hydrogen-bond acceptors (Lipinski definition) is 4. The standard InChI is InChI=1S/C13H17FN2O5S/c1-16(7-3-4-12(17)18)13(19)10-8-9(14)5-6-11(10)15-22(2,20)21/h5-6,8,15H,3-4,7H2,1-2H3,(H,17,18). The quantitative estimate of drug-likeness (QED) is 0.779. The van der Waals surface area contributed by atoms with Gasteiger partial charge in [0.25, 0.3) is 5.91 Å². The van der Waals surface area contributed by atoms with E-state index in [4.69, 9.17) is 5.11 Å². The largest absolute Gasteiger partial charge is 0.481 e. The summed E-state index contributed by atoms with van der Waals surface area (Å²) in [6.45, 7) is 0.153. The van der Waals surface area contributed by atoms with Crippen molar-refractivity contribution in [2.75, 3.05) is 24.6 Å². The lowest BCUT2D eigenvalue weighted by Crippen LogP contribution is -2.29. The van der Waals surface area contributed by atoms with Crippen molar-refractivity contribution in [3.05, 3.63) is 29.6 Å². The van der Waals surface area contributed by atoms with E-state index in [9.17, 15) is 22.4 Å². The average Bonchev–Trinajstić information content (AvgIpc) is 2.38. The molecule has 1 aromatic carbocycles. The van der Waals surface area contributed by atoms with Crippen LogP contribution in [0.5, 0.6) is 0 Å². The van der Waals surface area contributed by atoms with Crippen LogP contribution in [-0.4, -0.2) is 50.1 Å². The molecule has 0 aliphatic rings. The van der Waals surface area contributed by atoms with Gasteiger partial charge in [-0.25, -0.2) is 12.8 Å². The number of halogens is 1. The summed E-state index contributed by atoms with van der Waals surface area (Å²) in [5, 5.41) is 8.56. The van der Waals surface area contributed by atoms with E-state index in [1.165, 1.54) is 11.9 Å². The minimum absolute atomic E-state index is 0.0287. The second-order valence-corrected chi connectivity index (χ2v) is 6.54. The number of amides is 1. The Balaban J connectivity index is 2.95. The molecule has 0 aromatic heterocycles. The molecule has 0 heterocycles. The van der Waals surface area contributed by atoms with Gasteiger partial charge < -0.3 is 10.0 Å². The van der Waals surface area contributed by atoms with E-state index in [2.05, 4.69) is 4.72 Å². The maximum atomic E-state index is 13.3. The Morgan fingerprint density at radius 2 is 2.00 bits per heavy atom. The predicted octanol–water partition coefficient (Wildman–Crippen LogP) is 1.13. The molecule has 0 aliphatic carbocycles. The maximum absolute atomic E-state index is 13.3. The molecule has 122 valence electrons. The minimum atomic E-state index is -3.62. The number of nitrogens with one attached hydrogen (secondary N) is 1. The lowest BCUT2D eigenvalue weighted by Gasteiger charge is -2.19. The van der Waals surface area contributed by atoms with Crippen molar-refractivity contribution in [2.45, 2.75) is 12.8 Å². The summed E-state index contributed by atoms with van der Waals surface area (Å²) in [6.07, 6.45) is 1.05. The van der Waals surface area contributed by atoms with Crippen LogP contribution in [0.1, 0.15) is 23.2 Å². The van der Waals surface area contributed by atoms with E-state index < -0.39 is 27.7 Å². The molecule has 0 unspecified atom stereocenters. The Labute approximate surface area is 127 Å². The Hall–Kier alpha value is -2.16. The number of carbonyl (C=O) groups is 2. The number of hydrogen-bond donors (Lipinski definition) is 2. The van der Waals surface area contributed by atoms with E-state index >= 15 is 0 Å². The van der Waals surface area contributed by atoms with Crippen molar-refractivity contribution >= 4 is 27.6 Å². The summed E-state index contributed by atoms with van der Waals surface area (Å²) in [5.41, 5.74) is -0.165. The van der Waals surface area contributed by atoms with Gasteiger partial charge in [-0.3, -0.25) is 14.3 Å². The highest BCUT2D eigenvalue weighted by atomic mass is 32.2. The SMILES string of the molecule is CN(CCCC(=O)O)C(=O)c1cc(F)ccc1NS(C)(=O)=O. The fourth-order valence-electron chi connectivity index (χ4n) is 1.76. The first-order valence-corrected chi connectivity index (χ1v) is 8.24. The third-order valence-corrected chi connectivity index (χ3v) is 3.33. The van der Waals surface area contributed by atoms with Crippen LogP contribution < -0.4 is 4.72 Å². The summed E-state index contributed by atoms with van der Waals surface area (Å²) in [4.78, 5) is 23.9. The number of aliphatic carboxylic acids is 1. The molecule has 0 aliphatic heterocycles. The Bertz CT molecular complexity index is 675. The van der Waals surface area contributed by atoms with Gasteiger partial charge in [0.15, 0.2) is 0 Å². The highest BCUT2D eigenvalue weighted by Crippen LogP contribution is 2.20. The zero-order valence-corrected chi connectivity index (χ0v) is 13.0. The van der Waals surface area contributed by atoms with Crippen molar-refractivity contribution in [2.24, 2.45) is 0 Å². The molecule has 0 saturated carbocycles. The zero-order chi connectivity index (χ0) is 16.9. The first kappa shape index (κ1) is 17.9. The molecule has 0 fully saturated rings. The zero-order valence-electron chi connectivity index (χ0n) is 12.2. The molecule has 7 nitrogen and oxygen atoms in total.